The van der Waals surface area contributed by atoms with Gasteiger partial charge in [0.05, 0.1) is 19.3 Å². The molecular weight excluding hydrogens is 246 g/mol. The molecule has 0 saturated carbocycles. The summed E-state index contributed by atoms with van der Waals surface area (Å²) < 4.78 is 9.73. The third-order valence-electron chi connectivity index (χ3n) is 3.56. The van der Waals surface area contributed by atoms with Gasteiger partial charge >= 0.3 is 5.97 Å². The average Bonchev–Trinajstić information content (AvgIpc) is 3.29. The van der Waals surface area contributed by atoms with Gasteiger partial charge in [-0.15, -0.1) is 0 Å². The van der Waals surface area contributed by atoms with Crippen LogP contribution in [0.5, 0.6) is 0 Å². The summed E-state index contributed by atoms with van der Waals surface area (Å²) in [5.41, 5.74) is 2.77. The lowest BCUT2D eigenvalue weighted by atomic mass is 9.97. The summed E-state index contributed by atoms with van der Waals surface area (Å²) in [5.74, 6) is -0.254. The Bertz CT molecular complexity index is 536. The molecule has 0 spiro atoms. The molecule has 5 nitrogen and oxygen atoms in total. The molecule has 1 saturated heterocycles. The number of nitrogens with zero attached hydrogens (tertiary/aromatic N) is 1. The molecule has 1 aromatic rings. The van der Waals surface area contributed by atoms with Gasteiger partial charge in [-0.1, -0.05) is 6.07 Å². The topological polar surface area (TPSA) is 59.1 Å². The van der Waals surface area contributed by atoms with Crippen LogP contribution < -0.4 is 0 Å². The zero-order valence-corrected chi connectivity index (χ0v) is 10.7. The molecule has 1 amide bonds. The van der Waals surface area contributed by atoms with E-state index in [1.54, 1.807) is 6.07 Å². The molecule has 100 valence electrons. The maximum atomic E-state index is 11.9. The summed E-state index contributed by atoms with van der Waals surface area (Å²) in [7, 11) is 1.37. The minimum atomic E-state index is -0.326. The molecule has 1 aromatic carbocycles. The fraction of sp³-hybridized carbons (Fsp3) is 0.429. The van der Waals surface area contributed by atoms with Crippen LogP contribution in [0.15, 0.2) is 18.2 Å². The molecule has 0 radical (unpaired) electrons. The van der Waals surface area contributed by atoms with Gasteiger partial charge in [0.15, 0.2) is 6.10 Å². The summed E-state index contributed by atoms with van der Waals surface area (Å²) in [6.45, 7) is 1.81. The van der Waals surface area contributed by atoms with E-state index >= 15 is 0 Å². The highest BCUT2D eigenvalue weighted by molar-refractivity contribution is 5.89. The number of amides is 1. The fourth-order valence-electron chi connectivity index (χ4n) is 2.38. The van der Waals surface area contributed by atoms with Gasteiger partial charge in [-0.2, -0.15) is 0 Å². The maximum absolute atomic E-state index is 11.9. The van der Waals surface area contributed by atoms with Crippen LogP contribution in [0, 0.1) is 0 Å². The van der Waals surface area contributed by atoms with Crippen molar-refractivity contribution in [1.82, 2.24) is 4.90 Å². The first-order valence-corrected chi connectivity index (χ1v) is 6.29. The van der Waals surface area contributed by atoms with E-state index in [1.165, 1.54) is 7.11 Å². The molecular formula is C14H15NO4. The van der Waals surface area contributed by atoms with Crippen molar-refractivity contribution in [2.45, 2.75) is 19.1 Å². The second-order valence-corrected chi connectivity index (χ2v) is 4.81. The van der Waals surface area contributed by atoms with E-state index in [4.69, 9.17) is 9.47 Å². The number of epoxide rings is 1. The van der Waals surface area contributed by atoms with Gasteiger partial charge in [-0.25, -0.2) is 4.79 Å². The van der Waals surface area contributed by atoms with E-state index < -0.39 is 0 Å². The Labute approximate surface area is 111 Å². The average molecular weight is 261 g/mol. The number of ether oxygens (including phenoxy) is 2. The number of methoxy groups -OCH3 is 1. The predicted molar refractivity (Wildman–Crippen MR) is 66.6 cm³/mol. The first-order chi connectivity index (χ1) is 9.19. The number of benzene rings is 1. The Kier molecular flexibility index (Phi) is 2.98. The van der Waals surface area contributed by atoms with Gasteiger partial charge < -0.3 is 14.4 Å². The normalized spacial score (nSPS) is 20.7. The van der Waals surface area contributed by atoms with Gasteiger partial charge in [-0.05, 0) is 29.7 Å². The lowest BCUT2D eigenvalue weighted by Gasteiger charge is -2.28. The van der Waals surface area contributed by atoms with Crippen molar-refractivity contribution in [3.63, 3.8) is 0 Å². The van der Waals surface area contributed by atoms with Crippen LogP contribution in [0.25, 0.3) is 0 Å². The molecule has 1 atom stereocenters. The fourth-order valence-corrected chi connectivity index (χ4v) is 2.38. The second kappa shape index (κ2) is 4.66. The number of fused-ring (bicyclic) bond motifs is 1. The van der Waals surface area contributed by atoms with E-state index in [0.717, 1.165) is 17.5 Å². The highest BCUT2D eigenvalue weighted by Crippen LogP contribution is 2.23. The molecule has 19 heavy (non-hydrogen) atoms. The molecule has 0 aliphatic carbocycles. The Morgan fingerprint density at radius 1 is 1.37 bits per heavy atom. The van der Waals surface area contributed by atoms with E-state index in [-0.39, 0.29) is 18.0 Å². The monoisotopic (exact) mass is 261 g/mol. The Balaban J connectivity index is 1.78. The molecule has 5 heteroatoms. The van der Waals surface area contributed by atoms with Gasteiger partial charge in [-0.3, -0.25) is 4.79 Å². The summed E-state index contributed by atoms with van der Waals surface area (Å²) in [6.07, 6.45) is 0.537. The standard InChI is InChI=1S/C14H15NO4/c1-18-14(17)10-2-3-11-7-15(5-4-9(11)6-10)13(16)12-8-19-12/h2-3,6,12H,4-5,7-8H2,1H3. The molecule has 3 rings (SSSR count). The van der Waals surface area contributed by atoms with Crippen molar-refractivity contribution < 1.29 is 19.1 Å². The van der Waals surface area contributed by atoms with Crippen LogP contribution in [-0.2, 0) is 27.2 Å². The molecule has 1 fully saturated rings. The zero-order chi connectivity index (χ0) is 13.4. The van der Waals surface area contributed by atoms with Crippen molar-refractivity contribution in [2.75, 3.05) is 20.3 Å². The Hall–Kier alpha value is -1.88. The lowest BCUT2D eigenvalue weighted by molar-refractivity contribution is -0.133. The van der Waals surface area contributed by atoms with E-state index in [1.807, 2.05) is 17.0 Å². The van der Waals surface area contributed by atoms with Crippen molar-refractivity contribution in [2.24, 2.45) is 0 Å². The van der Waals surface area contributed by atoms with Gasteiger partial charge in [0.1, 0.15) is 0 Å². The highest BCUT2D eigenvalue weighted by atomic mass is 16.6. The second-order valence-electron chi connectivity index (χ2n) is 4.81. The number of esters is 1. The van der Waals surface area contributed by atoms with Crippen molar-refractivity contribution in [3.8, 4) is 0 Å². The summed E-state index contributed by atoms with van der Waals surface area (Å²) in [6, 6.07) is 5.50. The Morgan fingerprint density at radius 2 is 2.16 bits per heavy atom. The largest absolute Gasteiger partial charge is 0.465 e. The summed E-state index contributed by atoms with van der Waals surface area (Å²) in [5, 5.41) is 0. The SMILES string of the molecule is COC(=O)c1ccc2c(c1)CCN(C(=O)C1CO1)C2. The lowest BCUT2D eigenvalue weighted by Crippen LogP contribution is -2.38. The molecule has 0 aromatic heterocycles. The van der Waals surface area contributed by atoms with Crippen molar-refractivity contribution >= 4 is 11.9 Å². The van der Waals surface area contributed by atoms with Gasteiger partial charge in [0, 0.05) is 13.1 Å². The summed E-state index contributed by atoms with van der Waals surface area (Å²) in [4.78, 5) is 25.2. The van der Waals surface area contributed by atoms with Crippen molar-refractivity contribution in [1.29, 1.82) is 0 Å². The smallest absolute Gasteiger partial charge is 0.337 e. The molecule has 1 unspecified atom stereocenters. The number of hydrogen-bond donors (Lipinski definition) is 0. The van der Waals surface area contributed by atoms with Crippen LogP contribution in [0.4, 0.5) is 0 Å². The van der Waals surface area contributed by atoms with Crippen LogP contribution >= 0.6 is 0 Å². The Morgan fingerprint density at radius 3 is 2.84 bits per heavy atom. The van der Waals surface area contributed by atoms with Gasteiger partial charge in [0.25, 0.3) is 5.91 Å². The molecule has 2 heterocycles. The van der Waals surface area contributed by atoms with E-state index in [0.29, 0.717) is 25.3 Å². The van der Waals surface area contributed by atoms with Gasteiger partial charge in [0.2, 0.25) is 0 Å². The van der Waals surface area contributed by atoms with Crippen molar-refractivity contribution in [3.05, 3.63) is 34.9 Å². The minimum absolute atomic E-state index is 0.0719. The molecule has 0 N–H and O–H groups in total. The number of hydrogen-bond acceptors (Lipinski definition) is 4. The highest BCUT2D eigenvalue weighted by Gasteiger charge is 2.36. The first-order valence-electron chi connectivity index (χ1n) is 6.29. The van der Waals surface area contributed by atoms with Crippen LogP contribution in [0.2, 0.25) is 0 Å². The summed E-state index contributed by atoms with van der Waals surface area (Å²) >= 11 is 0. The third-order valence-corrected chi connectivity index (χ3v) is 3.56. The number of carbonyl (C=O) groups is 2. The third kappa shape index (κ3) is 2.33. The van der Waals surface area contributed by atoms with E-state index in [9.17, 15) is 9.59 Å². The molecule has 2 aliphatic heterocycles. The van der Waals surface area contributed by atoms with Crippen LogP contribution in [-0.4, -0.2) is 43.1 Å². The predicted octanol–water partition coefficient (Wildman–Crippen LogP) is 0.757. The zero-order valence-electron chi connectivity index (χ0n) is 10.7. The number of carbonyl (C=O) groups excluding carboxylic acids is 2. The quantitative estimate of drug-likeness (QED) is 0.582. The maximum Gasteiger partial charge on any atom is 0.337 e. The van der Waals surface area contributed by atoms with E-state index in [2.05, 4.69) is 0 Å². The van der Waals surface area contributed by atoms with Crippen LogP contribution in [0.1, 0.15) is 21.5 Å². The molecule has 0 bridgehead atoms. The molecule has 2 aliphatic rings. The number of rotatable bonds is 2. The first kappa shape index (κ1) is 12.2. The van der Waals surface area contributed by atoms with Crippen LogP contribution in [0.3, 0.4) is 0 Å². The minimum Gasteiger partial charge on any atom is -0.465 e.